The average Bonchev–Trinajstić information content (AvgIpc) is 3.44. The SMILES string of the molecule is C=C/C=C\C(=C(C)C)c1ccccc1C1=Cc2oc3c(N(F)N(N)C(c4ccccc4)c4ccccc4)cccc3c2CC1. The zero-order chi connectivity index (χ0) is 30.6. The zero-order valence-corrected chi connectivity index (χ0v) is 25.1. The monoisotopic (exact) mass is 581 g/mol. The summed E-state index contributed by atoms with van der Waals surface area (Å²) in [5, 5.41) is 2.54. The van der Waals surface area contributed by atoms with Crippen molar-refractivity contribution in [1.82, 2.24) is 5.12 Å². The van der Waals surface area contributed by atoms with E-state index in [0.717, 1.165) is 51.4 Å². The Balaban J connectivity index is 1.40. The lowest BCUT2D eigenvalue weighted by molar-refractivity contribution is 0.113. The van der Waals surface area contributed by atoms with E-state index in [2.05, 4.69) is 56.8 Å². The standard InChI is InChI=1S/C39H36FN3O/c1-4-5-19-31(27(2)3)33-21-13-12-20-32(33)30-24-25-34-35-22-14-23-36(39(35)44-37(34)26-30)42(40)43(41)38(28-15-8-6-9-16-28)29-17-10-7-11-18-29/h4-23,26,38H,1,24-25,41H2,2-3H3/b19-5-. The number of hydrogen-bond acceptors (Lipinski definition) is 4. The van der Waals surface area contributed by atoms with Crippen LogP contribution in [0.1, 0.15) is 59.9 Å². The second-order valence-corrected chi connectivity index (χ2v) is 11.2. The molecule has 4 nitrogen and oxygen atoms in total. The summed E-state index contributed by atoms with van der Waals surface area (Å²) in [5.41, 5.74) is 9.46. The van der Waals surface area contributed by atoms with Gasteiger partial charge in [0.1, 0.15) is 11.4 Å². The van der Waals surface area contributed by atoms with Gasteiger partial charge in [-0.3, -0.25) is 0 Å². The Labute approximate surface area is 258 Å². The fraction of sp³-hybridized carbons (Fsp3) is 0.128. The molecule has 44 heavy (non-hydrogen) atoms. The second kappa shape index (κ2) is 12.7. The highest BCUT2D eigenvalue weighted by Gasteiger charge is 2.29. The van der Waals surface area contributed by atoms with E-state index in [1.54, 1.807) is 12.1 Å². The quantitative estimate of drug-likeness (QED) is 0.0814. The maximum atomic E-state index is 16.4. The molecule has 0 bridgehead atoms. The van der Waals surface area contributed by atoms with Crippen LogP contribution in [0.3, 0.4) is 0 Å². The van der Waals surface area contributed by atoms with Gasteiger partial charge in [0.05, 0.1) is 6.04 Å². The summed E-state index contributed by atoms with van der Waals surface area (Å²) in [6, 6.07) is 32.9. The molecule has 0 fully saturated rings. The van der Waals surface area contributed by atoms with Gasteiger partial charge in [0, 0.05) is 10.9 Å². The molecule has 0 spiro atoms. The zero-order valence-electron chi connectivity index (χ0n) is 25.1. The van der Waals surface area contributed by atoms with E-state index < -0.39 is 6.04 Å². The Bertz CT molecular complexity index is 1840. The predicted molar refractivity (Wildman–Crippen MR) is 181 cm³/mol. The number of rotatable bonds is 9. The number of para-hydroxylation sites is 1. The lowest BCUT2D eigenvalue weighted by atomic mass is 9.86. The number of nitrogens with zero attached hydrogens (tertiary/aromatic N) is 2. The van der Waals surface area contributed by atoms with E-state index in [1.165, 1.54) is 22.3 Å². The molecule has 1 heterocycles. The number of hydrogen-bond donors (Lipinski definition) is 1. The molecule has 220 valence electrons. The molecule has 5 heteroatoms. The molecule has 5 aromatic rings. The molecule has 0 radical (unpaired) electrons. The molecular formula is C39H36FN3O. The number of anilines is 1. The van der Waals surface area contributed by atoms with Crippen LogP contribution in [-0.2, 0) is 6.42 Å². The first-order valence-electron chi connectivity index (χ1n) is 14.9. The second-order valence-electron chi connectivity index (χ2n) is 11.2. The molecule has 0 atom stereocenters. The third-order valence-corrected chi connectivity index (χ3v) is 8.18. The maximum Gasteiger partial charge on any atom is 0.162 e. The minimum atomic E-state index is -0.551. The van der Waals surface area contributed by atoms with E-state index in [4.69, 9.17) is 10.3 Å². The summed E-state index contributed by atoms with van der Waals surface area (Å²) in [7, 11) is 0. The molecule has 1 aliphatic carbocycles. The van der Waals surface area contributed by atoms with Gasteiger partial charge in [-0.05, 0) is 72.2 Å². The number of allylic oxidation sites excluding steroid dienone is 6. The van der Waals surface area contributed by atoms with Crippen molar-refractivity contribution >= 4 is 33.9 Å². The van der Waals surface area contributed by atoms with E-state index >= 15 is 4.48 Å². The van der Waals surface area contributed by atoms with Crippen molar-refractivity contribution < 1.29 is 8.90 Å². The molecule has 0 aliphatic heterocycles. The fourth-order valence-electron chi connectivity index (χ4n) is 6.08. The topological polar surface area (TPSA) is 45.6 Å². The van der Waals surface area contributed by atoms with E-state index in [9.17, 15) is 0 Å². The minimum Gasteiger partial charge on any atom is -0.454 e. The highest BCUT2D eigenvalue weighted by atomic mass is 19.2. The van der Waals surface area contributed by atoms with Gasteiger partial charge in [0.15, 0.2) is 5.58 Å². The first-order valence-corrected chi connectivity index (χ1v) is 14.9. The van der Waals surface area contributed by atoms with Crippen molar-refractivity contribution in [2.24, 2.45) is 5.84 Å². The molecular weight excluding hydrogens is 545 g/mol. The van der Waals surface area contributed by atoms with Gasteiger partial charge in [-0.15, -0.1) is 10.3 Å². The van der Waals surface area contributed by atoms with Gasteiger partial charge >= 0.3 is 0 Å². The molecule has 0 amide bonds. The smallest absolute Gasteiger partial charge is 0.162 e. The Morgan fingerprint density at radius 3 is 2.18 bits per heavy atom. The van der Waals surface area contributed by atoms with Gasteiger partial charge < -0.3 is 4.42 Å². The van der Waals surface area contributed by atoms with Crippen LogP contribution in [0.2, 0.25) is 0 Å². The van der Waals surface area contributed by atoms with Gasteiger partial charge in [0.25, 0.3) is 0 Å². The minimum absolute atomic E-state index is 0.257. The van der Waals surface area contributed by atoms with E-state index in [1.807, 2.05) is 78.9 Å². The molecule has 1 aromatic heterocycles. The lowest BCUT2D eigenvalue weighted by Crippen LogP contribution is -2.46. The Morgan fingerprint density at radius 2 is 1.52 bits per heavy atom. The van der Waals surface area contributed by atoms with Crippen molar-refractivity contribution in [3.63, 3.8) is 0 Å². The molecule has 4 aromatic carbocycles. The van der Waals surface area contributed by atoms with E-state index in [-0.39, 0.29) is 5.69 Å². The number of furan rings is 1. The van der Waals surface area contributed by atoms with Crippen molar-refractivity contribution in [3.05, 3.63) is 167 Å². The molecule has 0 saturated heterocycles. The van der Waals surface area contributed by atoms with Crippen LogP contribution < -0.4 is 11.1 Å². The maximum absolute atomic E-state index is 16.4. The van der Waals surface area contributed by atoms with Crippen LogP contribution >= 0.6 is 0 Å². The average molecular weight is 582 g/mol. The first-order chi connectivity index (χ1) is 21.5. The summed E-state index contributed by atoms with van der Waals surface area (Å²) in [6.07, 6.45) is 9.61. The van der Waals surface area contributed by atoms with Crippen molar-refractivity contribution in [2.45, 2.75) is 32.7 Å². The number of halogens is 1. The molecule has 2 N–H and O–H groups in total. The van der Waals surface area contributed by atoms with Gasteiger partial charge in [0.2, 0.25) is 0 Å². The molecule has 1 aliphatic rings. The van der Waals surface area contributed by atoms with Gasteiger partial charge in [-0.25, -0.2) is 5.84 Å². The Morgan fingerprint density at radius 1 is 0.864 bits per heavy atom. The number of fused-ring (bicyclic) bond motifs is 3. The number of nitrogens with two attached hydrogens (primary N) is 1. The largest absolute Gasteiger partial charge is 0.454 e. The van der Waals surface area contributed by atoms with Crippen LogP contribution in [0, 0.1) is 0 Å². The van der Waals surface area contributed by atoms with Crippen LogP contribution in [0.25, 0.3) is 28.2 Å². The summed E-state index contributed by atoms with van der Waals surface area (Å²) in [4.78, 5) is 0. The van der Waals surface area contributed by atoms with Gasteiger partial charge in [-0.1, -0.05) is 132 Å². The number of benzene rings is 4. The van der Waals surface area contributed by atoms with Crippen LogP contribution in [0.4, 0.5) is 10.2 Å². The van der Waals surface area contributed by atoms with Crippen molar-refractivity contribution in [1.29, 1.82) is 0 Å². The number of hydrazine groups is 2. The van der Waals surface area contributed by atoms with E-state index in [0.29, 0.717) is 10.8 Å². The predicted octanol–water partition coefficient (Wildman–Crippen LogP) is 10.0. The third-order valence-electron chi connectivity index (χ3n) is 8.18. The number of aryl methyl sites for hydroxylation is 1. The fourth-order valence-corrected chi connectivity index (χ4v) is 6.08. The summed E-state index contributed by atoms with van der Waals surface area (Å²) in [6.45, 7) is 8.08. The molecule has 0 saturated carbocycles. The summed E-state index contributed by atoms with van der Waals surface area (Å²) in [5.74, 6) is 7.34. The molecule has 0 unspecified atom stereocenters. The lowest BCUT2D eigenvalue weighted by Gasteiger charge is -2.32. The highest BCUT2D eigenvalue weighted by Crippen LogP contribution is 2.42. The normalized spacial score (nSPS) is 12.9. The molecule has 6 rings (SSSR count). The van der Waals surface area contributed by atoms with Crippen molar-refractivity contribution in [3.8, 4) is 0 Å². The Hall–Kier alpha value is -4.97. The van der Waals surface area contributed by atoms with Gasteiger partial charge in [-0.2, -0.15) is 0 Å². The van der Waals surface area contributed by atoms with Crippen LogP contribution in [0.15, 0.2) is 138 Å². The summed E-state index contributed by atoms with van der Waals surface area (Å²) >= 11 is 0. The highest BCUT2D eigenvalue weighted by molar-refractivity contribution is 5.98. The first kappa shape index (κ1) is 29.1. The third kappa shape index (κ3) is 5.55. The van der Waals surface area contributed by atoms with Crippen molar-refractivity contribution in [2.75, 3.05) is 5.23 Å². The Kier molecular flexibility index (Phi) is 8.42. The summed E-state index contributed by atoms with van der Waals surface area (Å²) < 4.78 is 22.9. The van der Waals surface area contributed by atoms with Crippen LogP contribution in [-0.4, -0.2) is 5.12 Å². The van der Waals surface area contributed by atoms with Crippen LogP contribution in [0.5, 0.6) is 0 Å².